The number of nitriles is 1. The van der Waals surface area contributed by atoms with Crippen LogP contribution in [0.3, 0.4) is 0 Å². The van der Waals surface area contributed by atoms with Gasteiger partial charge in [-0.05, 0) is 23.6 Å². The molecule has 0 aliphatic heterocycles. The van der Waals surface area contributed by atoms with Crippen molar-refractivity contribution in [2.45, 2.75) is 19.8 Å². The molecule has 3 nitrogen and oxygen atoms in total. The highest BCUT2D eigenvalue weighted by molar-refractivity contribution is 5.96. The van der Waals surface area contributed by atoms with Crippen molar-refractivity contribution in [3.63, 3.8) is 0 Å². The van der Waals surface area contributed by atoms with Crippen LogP contribution in [0.4, 0.5) is 0 Å². The maximum absolute atomic E-state index is 11.8. The second-order valence-corrected chi connectivity index (χ2v) is 4.27. The third-order valence-corrected chi connectivity index (χ3v) is 2.47. The fourth-order valence-electron chi connectivity index (χ4n) is 1.44. The number of hydrogen-bond acceptors (Lipinski definition) is 2. The number of carbonyl (C=O) groups excluding carboxylic acids is 1. The molecule has 1 amide bonds. The van der Waals surface area contributed by atoms with Crippen molar-refractivity contribution in [2.24, 2.45) is 0 Å². The van der Waals surface area contributed by atoms with Gasteiger partial charge < -0.3 is 4.90 Å². The van der Waals surface area contributed by atoms with E-state index >= 15 is 0 Å². The highest BCUT2D eigenvalue weighted by Crippen LogP contribution is 2.19. The second kappa shape index (κ2) is 4.80. The minimum atomic E-state index is -0.133. The van der Waals surface area contributed by atoms with Crippen LogP contribution in [0.5, 0.6) is 0 Å². The van der Waals surface area contributed by atoms with Crippen LogP contribution in [-0.4, -0.2) is 24.9 Å². The van der Waals surface area contributed by atoms with E-state index in [9.17, 15) is 4.79 Å². The number of benzene rings is 1. The number of amides is 1. The van der Waals surface area contributed by atoms with E-state index in [1.807, 2.05) is 6.07 Å². The van der Waals surface area contributed by atoms with Crippen molar-refractivity contribution < 1.29 is 4.79 Å². The van der Waals surface area contributed by atoms with Crippen LogP contribution >= 0.6 is 0 Å². The fourth-order valence-corrected chi connectivity index (χ4v) is 1.44. The van der Waals surface area contributed by atoms with Gasteiger partial charge in [0, 0.05) is 14.1 Å². The lowest BCUT2D eigenvalue weighted by Crippen LogP contribution is -2.22. The first-order valence-corrected chi connectivity index (χ1v) is 5.23. The van der Waals surface area contributed by atoms with E-state index in [4.69, 9.17) is 5.26 Å². The van der Waals surface area contributed by atoms with E-state index in [1.165, 1.54) is 4.90 Å². The molecule has 0 N–H and O–H groups in total. The summed E-state index contributed by atoms with van der Waals surface area (Å²) in [5, 5.41) is 9.03. The summed E-state index contributed by atoms with van der Waals surface area (Å²) in [6.45, 7) is 4.12. The molecule has 0 bridgehead atoms. The Balaban J connectivity index is 3.24. The number of hydrogen-bond donors (Lipinski definition) is 0. The Morgan fingerprint density at radius 2 is 2.00 bits per heavy atom. The maximum Gasteiger partial charge on any atom is 0.254 e. The van der Waals surface area contributed by atoms with Crippen LogP contribution in [0, 0.1) is 11.3 Å². The van der Waals surface area contributed by atoms with Crippen molar-refractivity contribution in [3.8, 4) is 6.07 Å². The molecule has 0 fully saturated rings. The van der Waals surface area contributed by atoms with E-state index in [1.54, 1.807) is 26.2 Å². The highest BCUT2D eigenvalue weighted by atomic mass is 16.2. The first-order valence-electron chi connectivity index (χ1n) is 5.23. The molecule has 0 radical (unpaired) electrons. The Bertz CT molecular complexity index is 442. The molecule has 16 heavy (non-hydrogen) atoms. The van der Waals surface area contributed by atoms with Crippen LogP contribution in [-0.2, 0) is 0 Å². The Morgan fingerprint density at radius 1 is 1.38 bits per heavy atom. The van der Waals surface area contributed by atoms with Crippen molar-refractivity contribution in [2.75, 3.05) is 14.1 Å². The quantitative estimate of drug-likeness (QED) is 0.761. The molecular weight excluding hydrogens is 200 g/mol. The Morgan fingerprint density at radius 3 is 2.44 bits per heavy atom. The van der Waals surface area contributed by atoms with Gasteiger partial charge in [-0.1, -0.05) is 19.9 Å². The molecule has 84 valence electrons. The van der Waals surface area contributed by atoms with Crippen molar-refractivity contribution in [1.82, 2.24) is 4.90 Å². The Kier molecular flexibility index (Phi) is 3.68. The number of carbonyl (C=O) groups is 1. The predicted octanol–water partition coefficient (Wildman–Crippen LogP) is 2.38. The van der Waals surface area contributed by atoms with Crippen LogP contribution in [0.15, 0.2) is 18.2 Å². The molecule has 1 aromatic rings. The van der Waals surface area contributed by atoms with Crippen LogP contribution < -0.4 is 0 Å². The fraction of sp³-hybridized carbons (Fsp3) is 0.385. The smallest absolute Gasteiger partial charge is 0.254 e. The molecule has 1 rings (SSSR count). The maximum atomic E-state index is 11.8. The molecule has 0 saturated carbocycles. The van der Waals surface area contributed by atoms with Gasteiger partial charge in [0.25, 0.3) is 5.91 Å². The van der Waals surface area contributed by atoms with E-state index < -0.39 is 0 Å². The summed E-state index contributed by atoms with van der Waals surface area (Å²) in [5.74, 6) is 0.225. The van der Waals surface area contributed by atoms with Gasteiger partial charge in [-0.2, -0.15) is 5.26 Å². The van der Waals surface area contributed by atoms with Gasteiger partial charge in [0.05, 0.1) is 17.2 Å². The minimum absolute atomic E-state index is 0.133. The zero-order valence-electron chi connectivity index (χ0n) is 10.1. The topological polar surface area (TPSA) is 44.1 Å². The second-order valence-electron chi connectivity index (χ2n) is 4.27. The third kappa shape index (κ3) is 2.40. The van der Waals surface area contributed by atoms with Gasteiger partial charge >= 0.3 is 0 Å². The molecule has 0 aliphatic rings. The van der Waals surface area contributed by atoms with E-state index in [2.05, 4.69) is 19.9 Å². The zero-order chi connectivity index (χ0) is 12.3. The van der Waals surface area contributed by atoms with Crippen LogP contribution in [0.1, 0.15) is 41.3 Å². The molecule has 0 atom stereocenters. The molecule has 0 aliphatic carbocycles. The van der Waals surface area contributed by atoms with Gasteiger partial charge in [0.15, 0.2) is 0 Å². The Hall–Kier alpha value is -1.82. The summed E-state index contributed by atoms with van der Waals surface area (Å²) in [5.41, 5.74) is 1.99. The standard InChI is InChI=1S/C13H16N2O/c1-9(2)10-5-6-12(11(7-10)8-14)13(16)15(3)4/h5-7,9H,1-4H3. The van der Waals surface area contributed by atoms with E-state index in [0.29, 0.717) is 17.0 Å². The van der Waals surface area contributed by atoms with Crippen molar-refractivity contribution in [3.05, 3.63) is 34.9 Å². The van der Waals surface area contributed by atoms with Gasteiger partial charge in [-0.15, -0.1) is 0 Å². The molecule has 0 aromatic heterocycles. The monoisotopic (exact) mass is 216 g/mol. The van der Waals surface area contributed by atoms with Crippen molar-refractivity contribution >= 4 is 5.91 Å². The normalized spacial score (nSPS) is 10.0. The summed E-state index contributed by atoms with van der Waals surface area (Å²) in [6, 6.07) is 7.51. The summed E-state index contributed by atoms with van der Waals surface area (Å²) < 4.78 is 0. The average molecular weight is 216 g/mol. The van der Waals surface area contributed by atoms with Gasteiger partial charge in [-0.25, -0.2) is 0 Å². The highest BCUT2D eigenvalue weighted by Gasteiger charge is 2.14. The largest absolute Gasteiger partial charge is 0.345 e. The van der Waals surface area contributed by atoms with Gasteiger partial charge in [0.2, 0.25) is 0 Å². The summed E-state index contributed by atoms with van der Waals surface area (Å²) >= 11 is 0. The molecule has 0 unspecified atom stereocenters. The Labute approximate surface area is 96.3 Å². The average Bonchev–Trinajstić information content (AvgIpc) is 2.26. The van der Waals surface area contributed by atoms with Crippen LogP contribution in [0.25, 0.3) is 0 Å². The lowest BCUT2D eigenvalue weighted by molar-refractivity contribution is 0.0827. The molecule has 0 spiro atoms. The van der Waals surface area contributed by atoms with Gasteiger partial charge in [-0.3, -0.25) is 4.79 Å². The van der Waals surface area contributed by atoms with E-state index in [-0.39, 0.29) is 5.91 Å². The minimum Gasteiger partial charge on any atom is -0.345 e. The molecule has 3 heteroatoms. The first-order chi connectivity index (χ1) is 7.47. The van der Waals surface area contributed by atoms with E-state index in [0.717, 1.165) is 5.56 Å². The molecule has 0 heterocycles. The summed E-state index contributed by atoms with van der Waals surface area (Å²) in [6.07, 6.45) is 0. The first kappa shape index (κ1) is 12.3. The lowest BCUT2D eigenvalue weighted by atomic mass is 9.97. The zero-order valence-corrected chi connectivity index (χ0v) is 10.1. The van der Waals surface area contributed by atoms with Gasteiger partial charge in [0.1, 0.15) is 0 Å². The summed E-state index contributed by atoms with van der Waals surface area (Å²) in [4.78, 5) is 13.3. The number of rotatable bonds is 2. The predicted molar refractivity (Wildman–Crippen MR) is 63.3 cm³/mol. The molecule has 1 aromatic carbocycles. The SMILES string of the molecule is CC(C)c1ccc(C(=O)N(C)C)c(C#N)c1. The third-order valence-electron chi connectivity index (χ3n) is 2.47. The molecule has 0 saturated heterocycles. The summed E-state index contributed by atoms with van der Waals surface area (Å²) in [7, 11) is 3.36. The number of nitrogens with zero attached hydrogens (tertiary/aromatic N) is 2. The lowest BCUT2D eigenvalue weighted by Gasteiger charge is -2.13. The van der Waals surface area contributed by atoms with Crippen molar-refractivity contribution in [1.29, 1.82) is 5.26 Å². The molecular formula is C13H16N2O. The van der Waals surface area contributed by atoms with Crippen LogP contribution in [0.2, 0.25) is 0 Å².